The molecule has 0 spiro atoms. The van der Waals surface area contributed by atoms with Crippen molar-refractivity contribution in [1.29, 1.82) is 0 Å². The number of carboxylic acids is 1. The third kappa shape index (κ3) is 3.77. The fourth-order valence-corrected chi connectivity index (χ4v) is 2.46. The number of hydrogen-bond acceptors (Lipinski definition) is 2. The number of alkyl halides is 3. The van der Waals surface area contributed by atoms with Crippen molar-refractivity contribution < 1.29 is 27.9 Å². The van der Waals surface area contributed by atoms with Gasteiger partial charge in [0.15, 0.2) is 0 Å². The largest absolute Gasteiger partial charge is 0.481 e. The van der Waals surface area contributed by atoms with Gasteiger partial charge in [-0.2, -0.15) is 13.2 Å². The number of piperidine rings is 1. The third-order valence-corrected chi connectivity index (χ3v) is 3.46. The molecule has 1 fully saturated rings. The van der Waals surface area contributed by atoms with Crippen LogP contribution in [0.1, 0.15) is 23.3 Å². The summed E-state index contributed by atoms with van der Waals surface area (Å²) in [4.78, 5) is 24.6. The molecule has 5 nitrogen and oxygen atoms in total. The summed E-state index contributed by atoms with van der Waals surface area (Å²) in [7, 11) is 0. The lowest BCUT2D eigenvalue weighted by Crippen LogP contribution is -2.43. The molecule has 1 atom stereocenters. The highest BCUT2D eigenvalue weighted by Crippen LogP contribution is 2.22. The maximum atomic E-state index is 12.4. The van der Waals surface area contributed by atoms with Gasteiger partial charge >= 0.3 is 12.1 Å². The van der Waals surface area contributed by atoms with Crippen molar-refractivity contribution in [2.24, 2.45) is 5.92 Å². The molecule has 1 aliphatic rings. The number of aromatic nitrogens is 1. The van der Waals surface area contributed by atoms with Gasteiger partial charge in [-0.15, -0.1) is 0 Å². The topological polar surface area (TPSA) is 62.5 Å². The first-order chi connectivity index (χ1) is 9.78. The van der Waals surface area contributed by atoms with E-state index in [4.69, 9.17) is 5.11 Å². The van der Waals surface area contributed by atoms with Crippen LogP contribution in [0.3, 0.4) is 0 Å². The van der Waals surface area contributed by atoms with Crippen LogP contribution in [0, 0.1) is 5.92 Å². The number of carbonyl (C=O) groups excluding carboxylic acids is 1. The van der Waals surface area contributed by atoms with E-state index in [1.165, 1.54) is 23.2 Å². The van der Waals surface area contributed by atoms with Crippen LogP contribution in [-0.2, 0) is 11.3 Å². The number of carboxylic acid groups (broad SMARTS) is 1. The van der Waals surface area contributed by atoms with Gasteiger partial charge in [-0.3, -0.25) is 9.59 Å². The molecule has 1 aromatic heterocycles. The van der Waals surface area contributed by atoms with Gasteiger partial charge in [-0.25, -0.2) is 0 Å². The first-order valence-electron chi connectivity index (χ1n) is 6.52. The second-order valence-electron chi connectivity index (χ2n) is 5.07. The average Bonchev–Trinajstić information content (AvgIpc) is 2.83. The van der Waals surface area contributed by atoms with Gasteiger partial charge in [-0.05, 0) is 25.0 Å². The van der Waals surface area contributed by atoms with E-state index < -0.39 is 30.5 Å². The lowest BCUT2D eigenvalue weighted by molar-refractivity contribution is -0.143. The number of carbonyl (C=O) groups is 2. The molecule has 1 saturated heterocycles. The fraction of sp³-hybridized carbons (Fsp3) is 0.538. The predicted octanol–water partition coefficient (Wildman–Crippen LogP) is 1.99. The van der Waals surface area contributed by atoms with Crippen molar-refractivity contribution in [2.75, 3.05) is 13.1 Å². The molecule has 0 saturated carbocycles. The van der Waals surface area contributed by atoms with Crippen LogP contribution >= 0.6 is 0 Å². The second kappa shape index (κ2) is 5.79. The second-order valence-corrected chi connectivity index (χ2v) is 5.07. The van der Waals surface area contributed by atoms with E-state index in [0.717, 1.165) is 4.57 Å². The first kappa shape index (κ1) is 15.4. The minimum absolute atomic E-state index is 0.0331. The Bertz CT molecular complexity index is 539. The maximum absolute atomic E-state index is 12.4. The summed E-state index contributed by atoms with van der Waals surface area (Å²) in [6.45, 7) is -0.845. The summed E-state index contributed by atoms with van der Waals surface area (Å²) < 4.78 is 38.2. The Morgan fingerprint density at radius 3 is 2.71 bits per heavy atom. The lowest BCUT2D eigenvalue weighted by atomic mass is 9.98. The molecule has 2 heterocycles. The number of nitrogens with zero attached hydrogens (tertiary/aromatic N) is 2. The number of rotatable bonds is 3. The van der Waals surface area contributed by atoms with Crippen LogP contribution in [0.25, 0.3) is 0 Å². The molecule has 2 rings (SSSR count). The summed E-state index contributed by atoms with van der Waals surface area (Å²) in [6.07, 6.45) is -2.22. The SMILES string of the molecule is O=C(O)[C@@H]1CCCN(C(=O)c2cccn2CC(F)(F)F)C1. The van der Waals surface area contributed by atoms with Gasteiger partial charge < -0.3 is 14.6 Å². The van der Waals surface area contributed by atoms with Crippen LogP contribution in [0.5, 0.6) is 0 Å². The molecule has 1 aliphatic heterocycles. The zero-order valence-corrected chi connectivity index (χ0v) is 11.1. The zero-order chi connectivity index (χ0) is 15.6. The molecule has 21 heavy (non-hydrogen) atoms. The highest BCUT2D eigenvalue weighted by atomic mass is 19.4. The van der Waals surface area contributed by atoms with Crippen LogP contribution in [0.15, 0.2) is 18.3 Å². The quantitative estimate of drug-likeness (QED) is 0.929. The lowest BCUT2D eigenvalue weighted by Gasteiger charge is -2.31. The van der Waals surface area contributed by atoms with Crippen LogP contribution < -0.4 is 0 Å². The maximum Gasteiger partial charge on any atom is 0.406 e. The number of likely N-dealkylation sites (tertiary alicyclic amines) is 1. The van der Waals surface area contributed by atoms with Gasteiger partial charge in [0.2, 0.25) is 0 Å². The molecule has 0 aromatic carbocycles. The van der Waals surface area contributed by atoms with Crippen molar-refractivity contribution in [2.45, 2.75) is 25.6 Å². The molecule has 1 aromatic rings. The predicted molar refractivity (Wildman–Crippen MR) is 66.8 cm³/mol. The van der Waals surface area contributed by atoms with Crippen molar-refractivity contribution in [3.8, 4) is 0 Å². The molecule has 0 unspecified atom stereocenters. The van der Waals surface area contributed by atoms with E-state index in [1.54, 1.807) is 0 Å². The number of amides is 1. The van der Waals surface area contributed by atoms with Crippen molar-refractivity contribution in [1.82, 2.24) is 9.47 Å². The van der Waals surface area contributed by atoms with E-state index in [-0.39, 0.29) is 12.2 Å². The van der Waals surface area contributed by atoms with Gasteiger partial charge in [0, 0.05) is 19.3 Å². The summed E-state index contributed by atoms with van der Waals surface area (Å²) in [5.74, 6) is -2.21. The highest BCUT2D eigenvalue weighted by molar-refractivity contribution is 5.93. The van der Waals surface area contributed by atoms with Gasteiger partial charge in [0.05, 0.1) is 5.92 Å². The summed E-state index contributed by atoms with van der Waals surface area (Å²) >= 11 is 0. The Morgan fingerprint density at radius 1 is 1.38 bits per heavy atom. The molecule has 1 N–H and O–H groups in total. The Balaban J connectivity index is 2.13. The normalized spacial score (nSPS) is 19.6. The standard InChI is InChI=1S/C13H15F3N2O3/c14-13(15,16)8-18-6-2-4-10(18)11(19)17-5-1-3-9(7-17)12(20)21/h2,4,6,9H,1,3,5,7-8H2,(H,20,21)/t9-/m1/s1. The molecule has 0 bridgehead atoms. The monoisotopic (exact) mass is 304 g/mol. The van der Waals surface area contributed by atoms with E-state index in [0.29, 0.717) is 19.4 Å². The zero-order valence-electron chi connectivity index (χ0n) is 11.1. The summed E-state index contributed by atoms with van der Waals surface area (Å²) in [6, 6.07) is 2.69. The van der Waals surface area contributed by atoms with Crippen LogP contribution in [0.4, 0.5) is 13.2 Å². The Hall–Kier alpha value is -1.99. The van der Waals surface area contributed by atoms with Crippen LogP contribution in [-0.4, -0.2) is 45.7 Å². The Labute approximate surface area is 119 Å². The third-order valence-electron chi connectivity index (χ3n) is 3.46. The number of aliphatic carboxylic acids is 1. The van der Waals surface area contributed by atoms with Crippen molar-refractivity contribution >= 4 is 11.9 Å². The molecular formula is C13H15F3N2O3. The van der Waals surface area contributed by atoms with E-state index in [9.17, 15) is 22.8 Å². The summed E-state index contributed by atoms with van der Waals surface area (Å²) in [5.41, 5.74) is -0.0710. The number of halogens is 3. The number of hydrogen-bond donors (Lipinski definition) is 1. The first-order valence-corrected chi connectivity index (χ1v) is 6.52. The minimum atomic E-state index is -4.42. The molecule has 0 aliphatic carbocycles. The fourth-order valence-electron chi connectivity index (χ4n) is 2.46. The van der Waals surface area contributed by atoms with Crippen molar-refractivity contribution in [3.05, 3.63) is 24.0 Å². The Morgan fingerprint density at radius 2 is 2.10 bits per heavy atom. The molecule has 116 valence electrons. The minimum Gasteiger partial charge on any atom is -0.481 e. The van der Waals surface area contributed by atoms with Gasteiger partial charge in [0.1, 0.15) is 12.2 Å². The van der Waals surface area contributed by atoms with E-state index in [2.05, 4.69) is 0 Å². The molecular weight excluding hydrogens is 289 g/mol. The molecule has 8 heteroatoms. The molecule has 0 radical (unpaired) electrons. The average molecular weight is 304 g/mol. The van der Waals surface area contributed by atoms with E-state index in [1.807, 2.05) is 0 Å². The van der Waals surface area contributed by atoms with E-state index >= 15 is 0 Å². The highest BCUT2D eigenvalue weighted by Gasteiger charge is 2.32. The van der Waals surface area contributed by atoms with Gasteiger partial charge in [-0.1, -0.05) is 0 Å². The summed E-state index contributed by atoms with van der Waals surface area (Å²) in [5, 5.41) is 8.98. The van der Waals surface area contributed by atoms with Crippen LogP contribution in [0.2, 0.25) is 0 Å². The smallest absolute Gasteiger partial charge is 0.406 e. The van der Waals surface area contributed by atoms with Crippen molar-refractivity contribution in [3.63, 3.8) is 0 Å². The van der Waals surface area contributed by atoms with Gasteiger partial charge in [0.25, 0.3) is 5.91 Å². The molecule has 1 amide bonds. The Kier molecular flexibility index (Phi) is 4.24.